The molecule has 1 amide bonds. The number of imidazole rings is 1. The van der Waals surface area contributed by atoms with Crippen LogP contribution in [0, 0.1) is 13.8 Å². The van der Waals surface area contributed by atoms with E-state index in [1.54, 1.807) is 24.3 Å². The van der Waals surface area contributed by atoms with Gasteiger partial charge in [-0.3, -0.25) is 9.78 Å². The Morgan fingerprint density at radius 1 is 1.07 bits per heavy atom. The van der Waals surface area contributed by atoms with E-state index in [0.717, 1.165) is 70.2 Å². The van der Waals surface area contributed by atoms with Crippen molar-refractivity contribution in [1.29, 1.82) is 0 Å². The molecule has 0 saturated heterocycles. The smallest absolute Gasteiger partial charge is 0.274 e. The van der Waals surface area contributed by atoms with E-state index in [1.807, 2.05) is 31.2 Å². The van der Waals surface area contributed by atoms with Gasteiger partial charge in [0.1, 0.15) is 5.69 Å². The maximum Gasteiger partial charge on any atom is 0.274 e. The van der Waals surface area contributed by atoms with Crippen LogP contribution in [0.25, 0.3) is 16.8 Å². The number of aromatic nitrogens is 3. The van der Waals surface area contributed by atoms with Crippen molar-refractivity contribution in [3.05, 3.63) is 94.8 Å². The number of benzene rings is 2. The Morgan fingerprint density at radius 3 is 2.43 bits per heavy atom. The number of carbonyl (C=O) groups excluding carboxylic acids is 1. The number of aliphatic hydroxyl groups is 1. The average Bonchev–Trinajstić information content (AvgIpc) is 3.53. The second-order valence-electron chi connectivity index (χ2n) is 11.8. The molecular formula is C34H39N7O3. The molecule has 10 heteroatoms. The molecule has 4 aromatic rings. The Kier molecular flexibility index (Phi) is 7.98. The van der Waals surface area contributed by atoms with Gasteiger partial charge in [0.2, 0.25) is 0 Å². The topological polar surface area (TPSA) is 108 Å². The normalized spacial score (nSPS) is 15.3. The third-order valence-corrected chi connectivity index (χ3v) is 8.43. The van der Waals surface area contributed by atoms with Crippen LogP contribution in [0.1, 0.15) is 51.3 Å². The molecule has 0 aliphatic carbocycles. The predicted octanol–water partition coefficient (Wildman–Crippen LogP) is 4.91. The van der Waals surface area contributed by atoms with Crippen LogP contribution in [0.15, 0.2) is 55.2 Å². The monoisotopic (exact) mass is 593 g/mol. The summed E-state index contributed by atoms with van der Waals surface area (Å²) in [6.07, 6.45) is 2.11. The van der Waals surface area contributed by atoms with E-state index in [9.17, 15) is 9.90 Å². The zero-order valence-electron chi connectivity index (χ0n) is 25.9. The highest BCUT2D eigenvalue weighted by Crippen LogP contribution is 2.35. The number of anilines is 2. The van der Waals surface area contributed by atoms with E-state index in [0.29, 0.717) is 24.5 Å². The van der Waals surface area contributed by atoms with Crippen molar-refractivity contribution < 1.29 is 14.7 Å². The molecule has 44 heavy (non-hydrogen) atoms. The van der Waals surface area contributed by atoms with Gasteiger partial charge < -0.3 is 30.0 Å². The summed E-state index contributed by atoms with van der Waals surface area (Å²) in [5.74, 6) is 1.10. The van der Waals surface area contributed by atoms with Gasteiger partial charge in [-0.1, -0.05) is 30.8 Å². The van der Waals surface area contributed by atoms with E-state index in [1.165, 1.54) is 5.69 Å². The maximum atomic E-state index is 13.3. The lowest BCUT2D eigenvalue weighted by atomic mass is 9.94. The number of nitrogens with one attached hydrogen (secondary N) is 2. The van der Waals surface area contributed by atoms with Gasteiger partial charge in [0.05, 0.1) is 30.6 Å². The molecule has 6 rings (SSSR count). The Hall–Kier alpha value is -4.51. The van der Waals surface area contributed by atoms with Crippen LogP contribution in [0.5, 0.6) is 5.75 Å². The molecule has 4 heterocycles. The molecule has 0 spiro atoms. The molecule has 3 N–H and O–H groups in total. The van der Waals surface area contributed by atoms with Crippen LogP contribution in [-0.2, 0) is 26.6 Å². The fraction of sp³-hybridized carbons (Fsp3) is 0.324. The molecule has 2 aromatic heterocycles. The van der Waals surface area contributed by atoms with E-state index in [4.69, 9.17) is 9.82 Å². The number of hydrogen-bond donors (Lipinski definition) is 3. The fourth-order valence-corrected chi connectivity index (χ4v) is 6.01. The summed E-state index contributed by atoms with van der Waals surface area (Å²) in [6.45, 7) is 12.9. The highest BCUT2D eigenvalue weighted by atomic mass is 16.7. The molecule has 0 radical (unpaired) electrons. The zero-order valence-corrected chi connectivity index (χ0v) is 25.9. The Labute approximate surface area is 258 Å². The van der Waals surface area contributed by atoms with E-state index < -0.39 is 6.10 Å². The third kappa shape index (κ3) is 5.71. The Bertz CT molecular complexity index is 1760. The molecule has 0 bridgehead atoms. The molecule has 10 nitrogen and oxygen atoms in total. The number of fused-ring (bicyclic) bond motifs is 2. The predicted molar refractivity (Wildman–Crippen MR) is 172 cm³/mol. The summed E-state index contributed by atoms with van der Waals surface area (Å²) < 4.78 is 2.15. The number of β-amino-alcohol motifs (C(OH)–C–C–N with tert-alkyl or cyclic N) is 1. The first-order chi connectivity index (χ1) is 21.1. The minimum absolute atomic E-state index is 0.260. The largest absolute Gasteiger partial charge is 0.405 e. The number of aliphatic hydroxyl groups excluding tert-OH is 1. The SMILES string of the molecule is C=C(Nc1cccc(-c2cccc(NC(=O)c3cc4c(cn3)CN(CC(C)O)O4)c2C)c1C)c1nc2c(n1C)CCN(C)C2. The van der Waals surface area contributed by atoms with Gasteiger partial charge >= 0.3 is 0 Å². The van der Waals surface area contributed by atoms with Crippen LogP contribution in [0.3, 0.4) is 0 Å². The summed E-state index contributed by atoms with van der Waals surface area (Å²) in [6, 6.07) is 13.7. The second-order valence-corrected chi connectivity index (χ2v) is 11.8. The van der Waals surface area contributed by atoms with Crippen LogP contribution >= 0.6 is 0 Å². The number of rotatable bonds is 8. The van der Waals surface area contributed by atoms with E-state index >= 15 is 0 Å². The summed E-state index contributed by atoms with van der Waals surface area (Å²) in [7, 11) is 4.18. The van der Waals surface area contributed by atoms with Crippen molar-refractivity contribution in [3.8, 4) is 16.9 Å². The standard InChI is InChI=1S/C34H39N7O3/c1-20(42)17-41-18-24-16-35-29(15-32(24)44-41)34(43)38-28-12-8-10-26(22(28)3)25-9-7-11-27(21(25)2)36-23(4)33-37-30-19-39(5)14-13-31(30)40(33)6/h7-12,15-16,20,36,42H,4,13-14,17-19H2,1-3,5-6H3,(H,38,43). The number of amides is 1. The average molecular weight is 594 g/mol. The molecule has 0 saturated carbocycles. The van der Waals surface area contributed by atoms with Crippen molar-refractivity contribution >= 4 is 23.0 Å². The van der Waals surface area contributed by atoms with Gasteiger partial charge in [-0.25, -0.2) is 4.98 Å². The minimum Gasteiger partial charge on any atom is -0.405 e. The van der Waals surface area contributed by atoms with Gasteiger partial charge in [-0.15, -0.1) is 5.06 Å². The van der Waals surface area contributed by atoms with E-state index in [-0.39, 0.29) is 11.6 Å². The number of hydroxylamine groups is 2. The Balaban J connectivity index is 1.20. The van der Waals surface area contributed by atoms with Crippen LogP contribution in [0.4, 0.5) is 11.4 Å². The summed E-state index contributed by atoms with van der Waals surface area (Å²) in [5, 5.41) is 17.9. The molecule has 2 aliphatic rings. The molecule has 0 fully saturated rings. The highest BCUT2D eigenvalue weighted by molar-refractivity contribution is 6.04. The molecular weight excluding hydrogens is 554 g/mol. The number of hydrogen-bond acceptors (Lipinski definition) is 8. The van der Waals surface area contributed by atoms with Crippen LogP contribution in [0.2, 0.25) is 0 Å². The number of pyridine rings is 1. The lowest BCUT2D eigenvalue weighted by molar-refractivity contribution is -0.0680. The van der Waals surface area contributed by atoms with Gasteiger partial charge in [-0.2, -0.15) is 0 Å². The van der Waals surface area contributed by atoms with Crippen molar-refractivity contribution in [2.24, 2.45) is 7.05 Å². The summed E-state index contributed by atoms with van der Waals surface area (Å²) in [5.41, 5.74) is 10.0. The van der Waals surface area contributed by atoms with Crippen molar-refractivity contribution in [2.45, 2.75) is 46.4 Å². The number of likely N-dealkylation sites (N-methyl/N-ethyl adjacent to an activating group) is 1. The fourth-order valence-electron chi connectivity index (χ4n) is 6.01. The minimum atomic E-state index is -0.525. The highest BCUT2D eigenvalue weighted by Gasteiger charge is 2.25. The third-order valence-electron chi connectivity index (χ3n) is 8.43. The van der Waals surface area contributed by atoms with E-state index in [2.05, 4.69) is 64.8 Å². The van der Waals surface area contributed by atoms with Crippen LogP contribution in [-0.4, -0.2) is 61.8 Å². The van der Waals surface area contributed by atoms with Crippen molar-refractivity contribution in [3.63, 3.8) is 0 Å². The van der Waals surface area contributed by atoms with Crippen molar-refractivity contribution in [2.75, 3.05) is 30.8 Å². The summed E-state index contributed by atoms with van der Waals surface area (Å²) >= 11 is 0. The summed E-state index contributed by atoms with van der Waals surface area (Å²) in [4.78, 5) is 30.6. The lowest BCUT2D eigenvalue weighted by Crippen LogP contribution is -2.29. The molecule has 228 valence electrons. The van der Waals surface area contributed by atoms with Gasteiger partial charge in [0.15, 0.2) is 11.6 Å². The Morgan fingerprint density at radius 2 is 1.75 bits per heavy atom. The van der Waals surface area contributed by atoms with Crippen LogP contribution < -0.4 is 15.5 Å². The van der Waals surface area contributed by atoms with Gasteiger partial charge in [0.25, 0.3) is 5.91 Å². The quantitative estimate of drug-likeness (QED) is 0.265. The first-order valence-electron chi connectivity index (χ1n) is 14.9. The van der Waals surface area contributed by atoms with Gasteiger partial charge in [-0.05, 0) is 62.2 Å². The molecule has 2 aromatic carbocycles. The maximum absolute atomic E-state index is 13.3. The first kappa shape index (κ1) is 29.6. The number of carbonyl (C=O) groups is 1. The lowest BCUT2D eigenvalue weighted by Gasteiger charge is -2.21. The molecule has 2 aliphatic heterocycles. The first-order valence-corrected chi connectivity index (χ1v) is 14.9. The second kappa shape index (κ2) is 11.9. The molecule has 1 atom stereocenters. The van der Waals surface area contributed by atoms with Gasteiger partial charge in [0, 0.05) is 61.5 Å². The number of nitrogens with zero attached hydrogens (tertiary/aromatic N) is 5. The van der Waals surface area contributed by atoms with Crippen molar-refractivity contribution in [1.82, 2.24) is 24.5 Å². The zero-order chi connectivity index (χ0) is 31.1. The molecule has 1 unspecified atom stereocenters.